The van der Waals surface area contributed by atoms with Crippen LogP contribution in [0.3, 0.4) is 0 Å². The first-order valence-corrected chi connectivity index (χ1v) is 5.73. The number of anilines is 2. The normalized spacial score (nSPS) is 10.6. The Balaban J connectivity index is 1.96. The average Bonchev–Trinajstić information content (AvgIpc) is 2.97. The van der Waals surface area contributed by atoms with Gasteiger partial charge in [0.1, 0.15) is 17.8 Å². The second-order valence-electron chi connectivity index (χ2n) is 3.90. The molecule has 0 atom stereocenters. The highest BCUT2D eigenvalue weighted by molar-refractivity contribution is 5.89. The molecule has 0 radical (unpaired) electrons. The molecule has 3 aromatic rings. The zero-order chi connectivity index (χ0) is 13.1. The molecule has 0 saturated carbocycles. The van der Waals surface area contributed by atoms with E-state index in [2.05, 4.69) is 25.9 Å². The smallest absolute Gasteiger partial charge is 0.239 e. The lowest BCUT2D eigenvalue weighted by Gasteiger charge is -2.09. The Morgan fingerprint density at radius 3 is 2.84 bits per heavy atom. The fourth-order valence-corrected chi connectivity index (χ4v) is 1.78. The Bertz CT molecular complexity index is 682. The molecule has 0 saturated heterocycles. The van der Waals surface area contributed by atoms with Crippen molar-refractivity contribution in [3.8, 4) is 0 Å². The Kier molecular flexibility index (Phi) is 2.95. The lowest BCUT2D eigenvalue weighted by molar-refractivity contribution is 0.412. The summed E-state index contributed by atoms with van der Waals surface area (Å²) in [5.41, 5.74) is 4.07. The molecule has 0 aliphatic rings. The number of hydrazine groups is 1. The van der Waals surface area contributed by atoms with E-state index >= 15 is 0 Å². The van der Waals surface area contributed by atoms with Crippen LogP contribution < -0.4 is 16.6 Å². The predicted octanol–water partition coefficient (Wildman–Crippen LogP) is 1.52. The van der Waals surface area contributed by atoms with E-state index in [0.717, 1.165) is 16.6 Å². The van der Waals surface area contributed by atoms with Gasteiger partial charge in [-0.15, -0.1) is 0 Å². The topological polar surface area (TPSA) is 102 Å². The summed E-state index contributed by atoms with van der Waals surface area (Å²) < 4.78 is 4.78. The second kappa shape index (κ2) is 4.91. The van der Waals surface area contributed by atoms with Crippen LogP contribution in [-0.2, 0) is 6.54 Å². The Labute approximate surface area is 108 Å². The molecular formula is C12H12N6O. The van der Waals surface area contributed by atoms with Gasteiger partial charge in [-0.1, -0.05) is 17.3 Å². The standard InChI is InChI=1S/C12H12N6O/c13-17-12-15-10-4-2-1-3-9(10)11(16-12)14-7-8-5-6-19-18-8/h1-6H,7,13H2,(H2,14,15,16,17). The molecule has 3 rings (SSSR count). The number of nitrogens with one attached hydrogen (secondary N) is 2. The fourth-order valence-electron chi connectivity index (χ4n) is 1.78. The Morgan fingerprint density at radius 2 is 2.05 bits per heavy atom. The number of nitrogens with zero attached hydrogens (tertiary/aromatic N) is 3. The first kappa shape index (κ1) is 11.4. The number of aromatic nitrogens is 3. The highest BCUT2D eigenvalue weighted by Gasteiger charge is 2.07. The van der Waals surface area contributed by atoms with Crippen LogP contribution in [-0.4, -0.2) is 15.1 Å². The summed E-state index contributed by atoms with van der Waals surface area (Å²) in [7, 11) is 0. The van der Waals surface area contributed by atoms with Gasteiger partial charge >= 0.3 is 0 Å². The van der Waals surface area contributed by atoms with Gasteiger partial charge in [-0.25, -0.2) is 10.8 Å². The first-order valence-electron chi connectivity index (χ1n) is 5.73. The van der Waals surface area contributed by atoms with Crippen molar-refractivity contribution >= 4 is 22.7 Å². The van der Waals surface area contributed by atoms with Gasteiger partial charge in [-0.2, -0.15) is 4.98 Å². The van der Waals surface area contributed by atoms with Gasteiger partial charge in [0, 0.05) is 11.5 Å². The summed E-state index contributed by atoms with van der Waals surface area (Å²) >= 11 is 0. The minimum absolute atomic E-state index is 0.362. The fraction of sp³-hybridized carbons (Fsp3) is 0.0833. The first-order chi connectivity index (χ1) is 9.36. The molecule has 0 spiro atoms. The van der Waals surface area contributed by atoms with Gasteiger partial charge in [0.05, 0.1) is 12.1 Å². The van der Waals surface area contributed by atoms with E-state index < -0.39 is 0 Å². The number of para-hydroxylation sites is 1. The maximum Gasteiger partial charge on any atom is 0.239 e. The largest absolute Gasteiger partial charge is 0.364 e. The van der Waals surface area contributed by atoms with Crippen molar-refractivity contribution in [3.63, 3.8) is 0 Å². The van der Waals surface area contributed by atoms with Crippen LogP contribution >= 0.6 is 0 Å². The van der Waals surface area contributed by atoms with Crippen molar-refractivity contribution in [2.75, 3.05) is 10.7 Å². The molecule has 0 bridgehead atoms. The average molecular weight is 256 g/mol. The molecule has 0 amide bonds. The van der Waals surface area contributed by atoms with E-state index in [1.165, 1.54) is 6.26 Å². The monoisotopic (exact) mass is 256 g/mol. The summed E-state index contributed by atoms with van der Waals surface area (Å²) in [6.07, 6.45) is 1.53. The quantitative estimate of drug-likeness (QED) is 0.480. The van der Waals surface area contributed by atoms with Gasteiger partial charge in [0.25, 0.3) is 0 Å². The zero-order valence-electron chi connectivity index (χ0n) is 10.00. The number of rotatable bonds is 4. The minimum atomic E-state index is 0.362. The Morgan fingerprint density at radius 1 is 1.16 bits per heavy atom. The van der Waals surface area contributed by atoms with Crippen LogP contribution in [0.5, 0.6) is 0 Å². The van der Waals surface area contributed by atoms with Crippen molar-refractivity contribution in [2.24, 2.45) is 5.84 Å². The third-order valence-electron chi connectivity index (χ3n) is 2.66. The molecule has 1 aromatic carbocycles. The molecule has 96 valence electrons. The van der Waals surface area contributed by atoms with Crippen LogP contribution in [0.15, 0.2) is 41.1 Å². The highest BCUT2D eigenvalue weighted by atomic mass is 16.5. The van der Waals surface area contributed by atoms with E-state index in [1.54, 1.807) is 6.07 Å². The number of benzene rings is 1. The summed E-state index contributed by atoms with van der Waals surface area (Å²) in [5, 5.41) is 7.95. The van der Waals surface area contributed by atoms with E-state index in [9.17, 15) is 0 Å². The third-order valence-corrected chi connectivity index (χ3v) is 2.66. The summed E-state index contributed by atoms with van der Waals surface area (Å²) in [6.45, 7) is 0.515. The molecule has 0 aliphatic carbocycles. The number of fused-ring (bicyclic) bond motifs is 1. The lowest BCUT2D eigenvalue weighted by atomic mass is 10.2. The molecule has 0 aliphatic heterocycles. The molecule has 7 heteroatoms. The lowest BCUT2D eigenvalue weighted by Crippen LogP contribution is -2.12. The number of nitrogens with two attached hydrogens (primary N) is 1. The molecule has 0 fully saturated rings. The number of nitrogen functional groups attached to an aromatic ring is 1. The summed E-state index contributed by atoms with van der Waals surface area (Å²) in [5.74, 6) is 6.43. The minimum Gasteiger partial charge on any atom is -0.364 e. The molecule has 19 heavy (non-hydrogen) atoms. The van der Waals surface area contributed by atoms with E-state index in [1.807, 2.05) is 24.3 Å². The van der Waals surface area contributed by atoms with Crippen LogP contribution in [0.1, 0.15) is 5.69 Å². The van der Waals surface area contributed by atoms with Crippen LogP contribution in [0.2, 0.25) is 0 Å². The van der Waals surface area contributed by atoms with Crippen LogP contribution in [0.25, 0.3) is 10.9 Å². The van der Waals surface area contributed by atoms with E-state index in [0.29, 0.717) is 18.3 Å². The molecular weight excluding hydrogens is 244 g/mol. The van der Waals surface area contributed by atoms with Crippen molar-refractivity contribution in [1.82, 2.24) is 15.1 Å². The zero-order valence-corrected chi connectivity index (χ0v) is 10.00. The van der Waals surface area contributed by atoms with Crippen LogP contribution in [0.4, 0.5) is 11.8 Å². The molecule has 7 nitrogen and oxygen atoms in total. The SMILES string of the molecule is NNc1nc(NCc2ccon2)c2ccccc2n1. The second-order valence-corrected chi connectivity index (χ2v) is 3.90. The predicted molar refractivity (Wildman–Crippen MR) is 71.2 cm³/mol. The van der Waals surface area contributed by atoms with E-state index in [4.69, 9.17) is 10.4 Å². The van der Waals surface area contributed by atoms with E-state index in [-0.39, 0.29) is 0 Å². The molecule has 2 heterocycles. The maximum atomic E-state index is 5.37. The third kappa shape index (κ3) is 2.31. The number of hydrogen-bond acceptors (Lipinski definition) is 7. The maximum absolute atomic E-state index is 5.37. The Hall–Kier alpha value is -2.67. The van der Waals surface area contributed by atoms with Gasteiger partial charge in [-0.3, -0.25) is 5.43 Å². The molecule has 4 N–H and O–H groups in total. The van der Waals surface area contributed by atoms with Gasteiger partial charge in [0.15, 0.2) is 0 Å². The van der Waals surface area contributed by atoms with Gasteiger partial charge in [0.2, 0.25) is 5.95 Å². The van der Waals surface area contributed by atoms with Crippen molar-refractivity contribution in [1.29, 1.82) is 0 Å². The molecule has 2 aromatic heterocycles. The van der Waals surface area contributed by atoms with Crippen molar-refractivity contribution in [3.05, 3.63) is 42.3 Å². The van der Waals surface area contributed by atoms with Crippen molar-refractivity contribution in [2.45, 2.75) is 6.54 Å². The number of hydrogen-bond donors (Lipinski definition) is 3. The summed E-state index contributed by atoms with van der Waals surface area (Å²) in [4.78, 5) is 8.58. The van der Waals surface area contributed by atoms with Gasteiger partial charge in [-0.05, 0) is 12.1 Å². The highest BCUT2D eigenvalue weighted by Crippen LogP contribution is 2.21. The van der Waals surface area contributed by atoms with Crippen molar-refractivity contribution < 1.29 is 4.52 Å². The van der Waals surface area contributed by atoms with Gasteiger partial charge < -0.3 is 9.84 Å². The van der Waals surface area contributed by atoms with Crippen LogP contribution in [0, 0.1) is 0 Å². The molecule has 0 unspecified atom stereocenters. The summed E-state index contributed by atoms with van der Waals surface area (Å²) in [6, 6.07) is 9.48.